The molecule has 3 N–H and O–H groups in total. The Morgan fingerprint density at radius 1 is 1.11 bits per heavy atom. The number of hydrogen-bond donors (Lipinski definition) is 3. The maximum Gasteiger partial charge on any atom is 0.408 e. The number of benzene rings is 2. The van der Waals surface area contributed by atoms with Crippen LogP contribution in [0.1, 0.15) is 18.2 Å². The predicted molar refractivity (Wildman–Crippen MR) is 132 cm³/mol. The van der Waals surface area contributed by atoms with Gasteiger partial charge in [0.15, 0.2) is 12.4 Å². The molecule has 1 unspecified atom stereocenters. The fourth-order valence-corrected chi connectivity index (χ4v) is 3.81. The predicted octanol–water partition coefficient (Wildman–Crippen LogP) is 4.75. The van der Waals surface area contributed by atoms with Gasteiger partial charge in [0.1, 0.15) is 17.6 Å². The number of hydrogen-bond acceptors (Lipinski definition) is 7. The topological polar surface area (TPSA) is 114 Å². The summed E-state index contributed by atoms with van der Waals surface area (Å²) in [6, 6.07) is 12.5. The van der Waals surface area contributed by atoms with E-state index in [1.54, 1.807) is 30.5 Å². The summed E-state index contributed by atoms with van der Waals surface area (Å²) in [7, 11) is 0. The highest BCUT2D eigenvalue weighted by Crippen LogP contribution is 2.31. The summed E-state index contributed by atoms with van der Waals surface area (Å²) < 4.78 is 49.0. The maximum atomic E-state index is 12.7. The number of nitrogens with zero attached hydrogens (tertiary/aromatic N) is 3. The van der Waals surface area contributed by atoms with Gasteiger partial charge in [0.2, 0.25) is 0 Å². The fraction of sp³-hybridized carbons (Fsp3) is 0.231. The van der Waals surface area contributed by atoms with Crippen LogP contribution in [-0.2, 0) is 22.7 Å². The lowest BCUT2D eigenvalue weighted by Crippen LogP contribution is -2.44. The van der Waals surface area contributed by atoms with Gasteiger partial charge in [-0.25, -0.2) is 9.97 Å². The van der Waals surface area contributed by atoms with Crippen LogP contribution in [-0.4, -0.2) is 44.9 Å². The summed E-state index contributed by atoms with van der Waals surface area (Å²) in [5.41, 5.74) is 5.03. The van der Waals surface area contributed by atoms with E-state index in [0.717, 1.165) is 35.0 Å². The molecule has 1 aliphatic heterocycles. The van der Waals surface area contributed by atoms with Crippen molar-refractivity contribution in [1.29, 1.82) is 0 Å². The third-order valence-corrected chi connectivity index (χ3v) is 5.89. The number of halogens is 3. The van der Waals surface area contributed by atoms with E-state index in [-0.39, 0.29) is 0 Å². The zero-order chi connectivity index (χ0) is 26.7. The second-order valence-corrected chi connectivity index (χ2v) is 8.65. The monoisotopic (exact) mass is 524 g/mol. The van der Waals surface area contributed by atoms with Crippen molar-refractivity contribution >= 4 is 17.4 Å². The van der Waals surface area contributed by atoms with Crippen LogP contribution >= 0.6 is 0 Å². The second kappa shape index (κ2) is 10.5. The van der Waals surface area contributed by atoms with Gasteiger partial charge in [-0.2, -0.15) is 18.3 Å². The van der Waals surface area contributed by atoms with E-state index < -0.39 is 24.7 Å². The third kappa shape index (κ3) is 5.75. The highest BCUT2D eigenvalue weighted by molar-refractivity contribution is 5.78. The van der Waals surface area contributed by atoms with Crippen molar-refractivity contribution in [2.75, 3.05) is 11.9 Å². The second-order valence-electron chi connectivity index (χ2n) is 8.65. The minimum atomic E-state index is -4.53. The van der Waals surface area contributed by atoms with Crippen molar-refractivity contribution in [3.63, 3.8) is 0 Å². The van der Waals surface area contributed by atoms with Crippen LogP contribution < -0.4 is 15.4 Å². The van der Waals surface area contributed by atoms with E-state index in [0.29, 0.717) is 36.2 Å². The quantitative estimate of drug-likeness (QED) is 0.305. The molecule has 5 rings (SSSR count). The summed E-state index contributed by atoms with van der Waals surface area (Å²) in [5.74, 6) is 0.427. The van der Waals surface area contributed by atoms with Crippen LogP contribution in [0.3, 0.4) is 0 Å². The Morgan fingerprint density at radius 2 is 1.92 bits per heavy atom. The number of amides is 1. The summed E-state index contributed by atoms with van der Waals surface area (Å²) >= 11 is 0. The van der Waals surface area contributed by atoms with Gasteiger partial charge in [0.25, 0.3) is 5.91 Å². The number of fused-ring (bicyclic) bond motifs is 1. The molecule has 1 atom stereocenters. The molecule has 0 fully saturated rings. The SMILES string of the molecule is CC(NC(=O)COc1cccc(-c2nc3c(c(Nc4ccc(-c5cn[nH]c5)cc4)n2)COC3)c1)C(F)(F)F. The summed E-state index contributed by atoms with van der Waals surface area (Å²) in [4.78, 5) is 21.2. The Morgan fingerprint density at radius 3 is 2.66 bits per heavy atom. The fourth-order valence-electron chi connectivity index (χ4n) is 3.81. The lowest BCUT2D eigenvalue weighted by molar-refractivity contribution is -0.158. The Hall–Kier alpha value is -4.45. The van der Waals surface area contributed by atoms with Crippen LogP contribution in [0.2, 0.25) is 0 Å². The molecule has 0 saturated heterocycles. The Kier molecular flexibility index (Phi) is 6.97. The number of alkyl halides is 3. The molecule has 0 radical (unpaired) electrons. The Labute approximate surface area is 215 Å². The van der Waals surface area contributed by atoms with Gasteiger partial charge >= 0.3 is 6.18 Å². The number of carbonyl (C=O) groups is 1. The van der Waals surface area contributed by atoms with E-state index >= 15 is 0 Å². The van der Waals surface area contributed by atoms with Crippen LogP contribution in [0.5, 0.6) is 5.75 Å². The van der Waals surface area contributed by atoms with E-state index in [4.69, 9.17) is 14.5 Å². The number of anilines is 2. The molecular formula is C26H23F3N6O3. The van der Waals surface area contributed by atoms with Gasteiger partial charge in [-0.05, 0) is 36.8 Å². The number of aromatic nitrogens is 4. The maximum absolute atomic E-state index is 12.7. The van der Waals surface area contributed by atoms with Crippen molar-refractivity contribution < 1.29 is 27.4 Å². The molecule has 0 spiro atoms. The number of ether oxygens (including phenoxy) is 2. The number of nitrogens with one attached hydrogen (secondary N) is 3. The molecule has 12 heteroatoms. The zero-order valence-corrected chi connectivity index (χ0v) is 20.2. The van der Waals surface area contributed by atoms with Crippen molar-refractivity contribution in [2.24, 2.45) is 0 Å². The van der Waals surface area contributed by atoms with E-state index in [1.807, 2.05) is 35.8 Å². The molecule has 196 valence electrons. The molecule has 2 aromatic carbocycles. The van der Waals surface area contributed by atoms with Crippen LogP contribution in [0.15, 0.2) is 60.9 Å². The minimum Gasteiger partial charge on any atom is -0.484 e. The number of rotatable bonds is 8. The highest BCUT2D eigenvalue weighted by atomic mass is 19.4. The smallest absolute Gasteiger partial charge is 0.408 e. The van der Waals surface area contributed by atoms with Gasteiger partial charge < -0.3 is 20.1 Å². The van der Waals surface area contributed by atoms with Crippen molar-refractivity contribution in [3.8, 4) is 28.3 Å². The van der Waals surface area contributed by atoms with Gasteiger partial charge in [-0.15, -0.1) is 0 Å². The highest BCUT2D eigenvalue weighted by Gasteiger charge is 2.37. The average molecular weight is 525 g/mol. The van der Waals surface area contributed by atoms with Crippen molar-refractivity contribution in [3.05, 3.63) is 72.2 Å². The molecule has 0 aliphatic carbocycles. The average Bonchev–Trinajstić information content (AvgIpc) is 3.60. The molecule has 1 amide bonds. The van der Waals surface area contributed by atoms with Gasteiger partial charge in [0, 0.05) is 28.6 Å². The number of aromatic amines is 1. The number of H-pyrrole nitrogens is 1. The van der Waals surface area contributed by atoms with Crippen LogP contribution in [0.25, 0.3) is 22.5 Å². The molecule has 0 saturated carbocycles. The molecule has 0 bridgehead atoms. The summed E-state index contributed by atoms with van der Waals surface area (Å²) in [5, 5.41) is 12.0. The normalized spacial score (nSPS) is 13.6. The molecule has 1 aliphatic rings. The van der Waals surface area contributed by atoms with E-state index in [9.17, 15) is 18.0 Å². The van der Waals surface area contributed by atoms with Crippen molar-refractivity contribution in [1.82, 2.24) is 25.5 Å². The summed E-state index contributed by atoms with van der Waals surface area (Å²) in [6.45, 7) is 1.02. The standard InChI is InChI=1S/C26H23F3N6O3/c1-15(26(27,28)29)32-23(36)14-38-20-4-2-3-17(9-20)24-34-22-13-37-12-21(22)25(35-24)33-19-7-5-16(6-8-19)18-10-30-31-11-18/h2-11,15H,12-14H2,1H3,(H,30,31)(H,32,36)(H,33,34,35). The first-order chi connectivity index (χ1) is 18.3. The van der Waals surface area contributed by atoms with Crippen LogP contribution in [0, 0.1) is 0 Å². The molecule has 3 heterocycles. The third-order valence-electron chi connectivity index (χ3n) is 5.89. The first kappa shape index (κ1) is 25.2. The summed E-state index contributed by atoms with van der Waals surface area (Å²) in [6.07, 6.45) is -0.967. The van der Waals surface area contributed by atoms with Crippen molar-refractivity contribution in [2.45, 2.75) is 32.4 Å². The lowest BCUT2D eigenvalue weighted by atomic mass is 10.1. The van der Waals surface area contributed by atoms with E-state index in [2.05, 4.69) is 20.5 Å². The Bertz CT molecular complexity index is 1430. The minimum absolute atomic E-state index is 0.294. The Balaban J connectivity index is 1.32. The molecule has 9 nitrogen and oxygen atoms in total. The number of carbonyl (C=O) groups excluding carboxylic acids is 1. The molecule has 2 aromatic heterocycles. The lowest BCUT2D eigenvalue weighted by Gasteiger charge is -2.17. The first-order valence-electron chi connectivity index (χ1n) is 11.7. The van der Waals surface area contributed by atoms with Gasteiger partial charge in [0.05, 0.1) is 25.1 Å². The van der Waals surface area contributed by atoms with Crippen LogP contribution in [0.4, 0.5) is 24.7 Å². The van der Waals surface area contributed by atoms with E-state index in [1.165, 1.54) is 0 Å². The first-order valence-corrected chi connectivity index (χ1v) is 11.7. The molecule has 38 heavy (non-hydrogen) atoms. The molecular weight excluding hydrogens is 501 g/mol. The zero-order valence-electron chi connectivity index (χ0n) is 20.2. The largest absolute Gasteiger partial charge is 0.484 e. The van der Waals surface area contributed by atoms with Gasteiger partial charge in [-0.1, -0.05) is 24.3 Å². The van der Waals surface area contributed by atoms with Gasteiger partial charge in [-0.3, -0.25) is 9.89 Å². The molecule has 4 aromatic rings.